The number of benzene rings is 1. The second kappa shape index (κ2) is 6.22. The van der Waals surface area contributed by atoms with Gasteiger partial charge in [0.25, 0.3) is 0 Å². The monoisotopic (exact) mass is 343 g/mol. The van der Waals surface area contributed by atoms with Gasteiger partial charge in [-0.05, 0) is 43.9 Å². The summed E-state index contributed by atoms with van der Waals surface area (Å²) in [6.07, 6.45) is 8.65. The van der Waals surface area contributed by atoms with Crippen LogP contribution in [0.4, 0.5) is 0 Å². The van der Waals surface area contributed by atoms with Crippen molar-refractivity contribution in [2.75, 3.05) is 6.54 Å². The number of nitrogens with zero attached hydrogens (tertiary/aromatic N) is 4. The lowest BCUT2D eigenvalue weighted by Crippen LogP contribution is -2.24. The maximum Gasteiger partial charge on any atom is 0.161 e. The summed E-state index contributed by atoms with van der Waals surface area (Å²) >= 11 is 6.47. The maximum absolute atomic E-state index is 6.47. The molecule has 0 saturated heterocycles. The number of fused-ring (bicyclic) bond motifs is 1. The molecule has 1 fully saturated rings. The van der Waals surface area contributed by atoms with Crippen molar-refractivity contribution in [2.24, 2.45) is 18.7 Å². The van der Waals surface area contributed by atoms with Crippen LogP contribution in [0.2, 0.25) is 5.02 Å². The molecular formula is C18H22ClN5. The molecule has 2 N–H and O–H groups in total. The van der Waals surface area contributed by atoms with Crippen molar-refractivity contribution in [3.63, 3.8) is 0 Å². The zero-order valence-electron chi connectivity index (χ0n) is 13.8. The molecule has 2 aromatic heterocycles. The molecule has 3 aromatic rings. The van der Waals surface area contributed by atoms with Crippen LogP contribution in [-0.2, 0) is 7.05 Å². The molecule has 0 aliphatic heterocycles. The third-order valence-corrected chi connectivity index (χ3v) is 5.50. The van der Waals surface area contributed by atoms with Gasteiger partial charge in [0, 0.05) is 30.9 Å². The van der Waals surface area contributed by atoms with Gasteiger partial charge in [-0.3, -0.25) is 4.68 Å². The zero-order valence-corrected chi connectivity index (χ0v) is 14.6. The predicted octanol–water partition coefficient (Wildman–Crippen LogP) is 3.78. The van der Waals surface area contributed by atoms with E-state index in [2.05, 4.69) is 15.7 Å². The van der Waals surface area contributed by atoms with E-state index in [4.69, 9.17) is 22.4 Å². The summed E-state index contributed by atoms with van der Waals surface area (Å²) in [4.78, 5) is 4.61. The smallest absolute Gasteiger partial charge is 0.161 e. The highest BCUT2D eigenvalue weighted by Crippen LogP contribution is 2.37. The summed E-state index contributed by atoms with van der Waals surface area (Å²) in [6, 6.07) is 6.34. The number of hydrogen-bond donors (Lipinski definition) is 1. The molecule has 0 radical (unpaired) electrons. The third kappa shape index (κ3) is 2.52. The Labute approximate surface area is 146 Å². The van der Waals surface area contributed by atoms with Crippen molar-refractivity contribution in [3.05, 3.63) is 35.6 Å². The van der Waals surface area contributed by atoms with E-state index < -0.39 is 0 Å². The predicted molar refractivity (Wildman–Crippen MR) is 97.0 cm³/mol. The number of aromatic nitrogens is 4. The Morgan fingerprint density at radius 2 is 2.21 bits per heavy atom. The van der Waals surface area contributed by atoms with Crippen molar-refractivity contribution in [2.45, 2.75) is 31.7 Å². The number of hydrogen-bond acceptors (Lipinski definition) is 3. The van der Waals surface area contributed by atoms with Gasteiger partial charge in [0.2, 0.25) is 0 Å². The van der Waals surface area contributed by atoms with Crippen LogP contribution >= 0.6 is 11.6 Å². The van der Waals surface area contributed by atoms with E-state index >= 15 is 0 Å². The Bertz CT molecular complexity index is 866. The van der Waals surface area contributed by atoms with Gasteiger partial charge in [-0.2, -0.15) is 5.10 Å². The number of aryl methyl sites for hydroxylation is 1. The average Bonchev–Trinajstić information content (AvgIpc) is 3.21. The molecule has 2 heterocycles. The van der Waals surface area contributed by atoms with Crippen LogP contribution in [0, 0.1) is 5.92 Å². The van der Waals surface area contributed by atoms with E-state index in [1.807, 2.05) is 36.1 Å². The Morgan fingerprint density at radius 1 is 1.33 bits per heavy atom. The van der Waals surface area contributed by atoms with Crippen molar-refractivity contribution in [1.29, 1.82) is 0 Å². The summed E-state index contributed by atoms with van der Waals surface area (Å²) in [5.41, 5.74) is 7.79. The fourth-order valence-electron chi connectivity index (χ4n) is 3.95. The van der Waals surface area contributed by atoms with Gasteiger partial charge in [0.15, 0.2) is 5.82 Å². The maximum atomic E-state index is 6.47. The van der Waals surface area contributed by atoms with Gasteiger partial charge in [-0.1, -0.05) is 24.1 Å². The molecule has 0 bridgehead atoms. The molecule has 1 saturated carbocycles. The highest BCUT2D eigenvalue weighted by molar-refractivity contribution is 6.36. The minimum Gasteiger partial charge on any atom is -0.330 e. The molecule has 6 heteroatoms. The Hall–Kier alpha value is -1.85. The first-order valence-corrected chi connectivity index (χ1v) is 8.91. The van der Waals surface area contributed by atoms with Crippen LogP contribution < -0.4 is 5.73 Å². The highest BCUT2D eigenvalue weighted by Gasteiger charge is 2.26. The van der Waals surface area contributed by atoms with Crippen LogP contribution in [-0.4, -0.2) is 25.9 Å². The van der Waals surface area contributed by atoms with Crippen LogP contribution in [0.25, 0.3) is 22.4 Å². The molecule has 2 atom stereocenters. The van der Waals surface area contributed by atoms with Crippen LogP contribution in [0.1, 0.15) is 31.7 Å². The van der Waals surface area contributed by atoms with Crippen LogP contribution in [0.15, 0.2) is 30.6 Å². The van der Waals surface area contributed by atoms with Gasteiger partial charge in [0.1, 0.15) is 5.69 Å². The third-order valence-electron chi connectivity index (χ3n) is 5.19. The molecule has 0 spiro atoms. The quantitative estimate of drug-likeness (QED) is 0.787. The van der Waals surface area contributed by atoms with Crippen molar-refractivity contribution >= 4 is 22.5 Å². The van der Waals surface area contributed by atoms with E-state index in [1.54, 1.807) is 0 Å². The first kappa shape index (κ1) is 15.7. The summed E-state index contributed by atoms with van der Waals surface area (Å²) in [7, 11) is 1.94. The number of halogens is 1. The first-order chi connectivity index (χ1) is 11.7. The lowest BCUT2D eigenvalue weighted by atomic mass is 9.85. The lowest BCUT2D eigenvalue weighted by Gasteiger charge is -2.30. The zero-order chi connectivity index (χ0) is 16.7. The van der Waals surface area contributed by atoms with Crippen LogP contribution in [0.5, 0.6) is 0 Å². The van der Waals surface area contributed by atoms with Crippen molar-refractivity contribution < 1.29 is 0 Å². The van der Waals surface area contributed by atoms with E-state index in [0.717, 1.165) is 35.4 Å². The molecule has 1 aliphatic carbocycles. The van der Waals surface area contributed by atoms with Gasteiger partial charge < -0.3 is 10.3 Å². The van der Waals surface area contributed by atoms with Crippen molar-refractivity contribution in [1.82, 2.24) is 19.3 Å². The second-order valence-electron chi connectivity index (χ2n) is 6.69. The lowest BCUT2D eigenvalue weighted by molar-refractivity contribution is 0.273. The highest BCUT2D eigenvalue weighted by atomic mass is 35.5. The summed E-state index contributed by atoms with van der Waals surface area (Å²) < 4.78 is 4.14. The fourth-order valence-corrected chi connectivity index (χ4v) is 4.21. The second-order valence-corrected chi connectivity index (χ2v) is 7.09. The average molecular weight is 344 g/mol. The Kier molecular flexibility index (Phi) is 4.06. The molecule has 0 amide bonds. The summed E-state index contributed by atoms with van der Waals surface area (Å²) in [5.74, 6) is 1.50. The molecular weight excluding hydrogens is 322 g/mol. The Balaban J connectivity index is 1.81. The van der Waals surface area contributed by atoms with Gasteiger partial charge in [0.05, 0.1) is 10.5 Å². The van der Waals surface area contributed by atoms with E-state index in [0.29, 0.717) is 17.0 Å². The summed E-state index contributed by atoms with van der Waals surface area (Å²) in [5, 5.41) is 6.40. The van der Waals surface area contributed by atoms with E-state index in [1.165, 1.54) is 19.3 Å². The molecule has 5 nitrogen and oxygen atoms in total. The molecule has 24 heavy (non-hydrogen) atoms. The minimum absolute atomic E-state index is 0.435. The number of rotatable bonds is 3. The van der Waals surface area contributed by atoms with Crippen molar-refractivity contribution in [3.8, 4) is 11.5 Å². The topological polar surface area (TPSA) is 61.7 Å². The first-order valence-electron chi connectivity index (χ1n) is 8.53. The van der Waals surface area contributed by atoms with Gasteiger partial charge >= 0.3 is 0 Å². The summed E-state index contributed by atoms with van der Waals surface area (Å²) in [6.45, 7) is 0.763. The Morgan fingerprint density at radius 3 is 3.04 bits per heavy atom. The van der Waals surface area contributed by atoms with Crippen LogP contribution in [0.3, 0.4) is 0 Å². The van der Waals surface area contributed by atoms with Gasteiger partial charge in [-0.15, -0.1) is 0 Å². The van der Waals surface area contributed by atoms with Gasteiger partial charge in [-0.25, -0.2) is 4.98 Å². The van der Waals surface area contributed by atoms with E-state index in [9.17, 15) is 0 Å². The SMILES string of the molecule is Cn1nc(-c2nccn2[C@@H]2CCC[C@H](CN)C2)c2c(Cl)cccc21. The molecule has 4 rings (SSSR count). The number of imidazole rings is 1. The largest absolute Gasteiger partial charge is 0.330 e. The molecule has 1 aliphatic rings. The fraction of sp³-hybridized carbons (Fsp3) is 0.444. The molecule has 126 valence electrons. The number of nitrogens with two attached hydrogens (primary N) is 1. The molecule has 0 unspecified atom stereocenters. The standard InChI is InChI=1S/C18H22ClN5/c1-23-15-7-3-6-14(19)16(15)17(22-23)18-21-8-9-24(18)13-5-2-4-12(10-13)11-20/h3,6-9,12-13H,2,4-5,10-11,20H2,1H3/t12-,13+/m0/s1. The normalized spacial score (nSPS) is 21.5. The van der Waals surface area contributed by atoms with E-state index in [-0.39, 0.29) is 0 Å². The molecule has 1 aromatic carbocycles. The minimum atomic E-state index is 0.435.